The van der Waals surface area contributed by atoms with Gasteiger partial charge in [-0.15, -0.1) is 11.3 Å². The van der Waals surface area contributed by atoms with Gasteiger partial charge in [0.2, 0.25) is 5.91 Å². The summed E-state index contributed by atoms with van der Waals surface area (Å²) >= 11 is 1.54. The molecule has 0 bridgehead atoms. The molecule has 0 saturated carbocycles. The molecule has 1 aromatic rings. The number of thiazole rings is 1. The van der Waals surface area contributed by atoms with E-state index in [1.165, 1.54) is 0 Å². The lowest BCUT2D eigenvalue weighted by Crippen LogP contribution is -2.56. The number of likely N-dealkylation sites (tertiary alicyclic amines) is 1. The number of ether oxygens (including phenoxy) is 1. The summed E-state index contributed by atoms with van der Waals surface area (Å²) in [6.45, 7) is 4.15. The fourth-order valence-electron chi connectivity index (χ4n) is 4.08. The molecule has 4 rings (SSSR count). The van der Waals surface area contributed by atoms with Crippen LogP contribution in [0.1, 0.15) is 48.1 Å². The fraction of sp³-hybridized carbons (Fsp3) is 0.688. The Morgan fingerprint density at radius 2 is 2.39 bits per heavy atom. The molecular weight excluding hydrogens is 314 g/mol. The van der Waals surface area contributed by atoms with Crippen LogP contribution in [-0.2, 0) is 16.0 Å². The SMILES string of the molecule is CCCc1nc(C(=O)N2CC[C@@]34OCCCN3C(=O)C[C@@H]24)cs1. The maximum absolute atomic E-state index is 12.9. The number of carbonyl (C=O) groups is 2. The number of amides is 2. The summed E-state index contributed by atoms with van der Waals surface area (Å²) in [4.78, 5) is 33.3. The van der Waals surface area contributed by atoms with Crippen molar-refractivity contribution in [3.05, 3.63) is 16.1 Å². The zero-order chi connectivity index (χ0) is 16.0. The first-order valence-electron chi connectivity index (χ1n) is 8.35. The third kappa shape index (κ3) is 2.21. The Bertz CT molecular complexity index is 646. The minimum atomic E-state index is -0.576. The van der Waals surface area contributed by atoms with E-state index in [-0.39, 0.29) is 17.9 Å². The van der Waals surface area contributed by atoms with Gasteiger partial charge in [0.1, 0.15) is 5.69 Å². The topological polar surface area (TPSA) is 62.7 Å². The van der Waals surface area contributed by atoms with Gasteiger partial charge < -0.3 is 14.5 Å². The van der Waals surface area contributed by atoms with Gasteiger partial charge >= 0.3 is 0 Å². The summed E-state index contributed by atoms with van der Waals surface area (Å²) < 4.78 is 6.04. The first kappa shape index (κ1) is 15.1. The Labute approximate surface area is 139 Å². The lowest BCUT2D eigenvalue weighted by atomic mass is 10.0. The summed E-state index contributed by atoms with van der Waals surface area (Å²) in [7, 11) is 0. The molecule has 0 radical (unpaired) electrons. The molecule has 0 N–H and O–H groups in total. The van der Waals surface area contributed by atoms with E-state index in [0.29, 0.717) is 31.7 Å². The number of hydrogen-bond acceptors (Lipinski definition) is 5. The molecule has 23 heavy (non-hydrogen) atoms. The fourth-order valence-corrected chi connectivity index (χ4v) is 4.95. The van der Waals surface area contributed by atoms with Crippen LogP contribution in [0.4, 0.5) is 0 Å². The van der Waals surface area contributed by atoms with Gasteiger partial charge in [-0.25, -0.2) is 4.98 Å². The van der Waals surface area contributed by atoms with E-state index < -0.39 is 5.72 Å². The molecule has 2 amide bonds. The van der Waals surface area contributed by atoms with Gasteiger partial charge in [0.15, 0.2) is 5.72 Å². The number of nitrogens with zero attached hydrogens (tertiary/aromatic N) is 3. The Morgan fingerprint density at radius 3 is 3.22 bits per heavy atom. The summed E-state index contributed by atoms with van der Waals surface area (Å²) in [6, 6.07) is -0.167. The average Bonchev–Trinajstić information content (AvgIpc) is 3.20. The average molecular weight is 335 g/mol. The molecule has 0 aromatic carbocycles. The lowest BCUT2D eigenvalue weighted by Gasteiger charge is -2.42. The van der Waals surface area contributed by atoms with Crippen LogP contribution in [0.15, 0.2) is 5.38 Å². The standard InChI is InChI=1S/C16H21N3O3S/c1-2-4-13-17-11(10-23-13)15(21)18-7-5-16-12(18)9-14(20)19(16)6-3-8-22-16/h10,12H,2-9H2,1H3/t12-,16+/m1/s1. The smallest absolute Gasteiger partial charge is 0.273 e. The molecule has 2 atom stereocenters. The normalized spacial score (nSPS) is 29.8. The first-order chi connectivity index (χ1) is 11.2. The maximum atomic E-state index is 12.9. The minimum absolute atomic E-state index is 0.0608. The molecule has 124 valence electrons. The van der Waals surface area contributed by atoms with Crippen LogP contribution in [0.2, 0.25) is 0 Å². The highest BCUT2D eigenvalue weighted by Gasteiger charge is 2.61. The van der Waals surface area contributed by atoms with Crippen molar-refractivity contribution in [3.8, 4) is 0 Å². The first-order valence-corrected chi connectivity index (χ1v) is 9.23. The van der Waals surface area contributed by atoms with Gasteiger partial charge in [-0.1, -0.05) is 6.92 Å². The van der Waals surface area contributed by atoms with Crippen molar-refractivity contribution in [3.63, 3.8) is 0 Å². The second-order valence-corrected chi connectivity index (χ2v) is 7.38. The van der Waals surface area contributed by atoms with Crippen LogP contribution < -0.4 is 0 Å². The molecule has 3 aliphatic heterocycles. The predicted molar refractivity (Wildman–Crippen MR) is 85.2 cm³/mol. The van der Waals surface area contributed by atoms with Gasteiger partial charge in [-0.2, -0.15) is 0 Å². The zero-order valence-corrected chi connectivity index (χ0v) is 14.1. The van der Waals surface area contributed by atoms with E-state index in [2.05, 4.69) is 11.9 Å². The second-order valence-electron chi connectivity index (χ2n) is 6.44. The van der Waals surface area contributed by atoms with E-state index >= 15 is 0 Å². The third-order valence-electron chi connectivity index (χ3n) is 5.11. The largest absolute Gasteiger partial charge is 0.353 e. The third-order valence-corrected chi connectivity index (χ3v) is 6.02. The molecule has 0 aliphatic carbocycles. The van der Waals surface area contributed by atoms with Crippen LogP contribution >= 0.6 is 11.3 Å². The molecule has 0 unspecified atom stereocenters. The van der Waals surface area contributed by atoms with Gasteiger partial charge in [0.25, 0.3) is 5.91 Å². The molecule has 3 fully saturated rings. The van der Waals surface area contributed by atoms with Crippen LogP contribution in [0.25, 0.3) is 0 Å². The molecule has 4 heterocycles. The Balaban J connectivity index is 1.58. The van der Waals surface area contributed by atoms with E-state index in [4.69, 9.17) is 4.74 Å². The number of aromatic nitrogens is 1. The van der Waals surface area contributed by atoms with E-state index in [1.54, 1.807) is 11.3 Å². The van der Waals surface area contributed by atoms with Crippen LogP contribution in [0, 0.1) is 0 Å². The van der Waals surface area contributed by atoms with Crippen molar-refractivity contribution in [1.82, 2.24) is 14.8 Å². The highest BCUT2D eigenvalue weighted by atomic mass is 32.1. The molecule has 7 heteroatoms. The van der Waals surface area contributed by atoms with Crippen molar-refractivity contribution in [2.24, 2.45) is 0 Å². The number of hydrogen-bond donors (Lipinski definition) is 0. The summed E-state index contributed by atoms with van der Waals surface area (Å²) in [6.07, 6.45) is 3.88. The van der Waals surface area contributed by atoms with Crippen LogP contribution in [-0.4, -0.2) is 58.1 Å². The van der Waals surface area contributed by atoms with Gasteiger partial charge in [-0.05, 0) is 19.3 Å². The van der Waals surface area contributed by atoms with Crippen LogP contribution in [0.5, 0.6) is 0 Å². The van der Waals surface area contributed by atoms with Gasteiger partial charge in [-0.3, -0.25) is 9.59 Å². The van der Waals surface area contributed by atoms with Gasteiger partial charge in [0, 0.05) is 24.9 Å². The number of carbonyl (C=O) groups excluding carboxylic acids is 2. The molecule has 1 spiro atoms. The Hall–Kier alpha value is -1.47. The Morgan fingerprint density at radius 1 is 1.52 bits per heavy atom. The van der Waals surface area contributed by atoms with E-state index in [0.717, 1.165) is 30.8 Å². The van der Waals surface area contributed by atoms with E-state index in [9.17, 15) is 9.59 Å². The van der Waals surface area contributed by atoms with Crippen molar-refractivity contribution < 1.29 is 14.3 Å². The van der Waals surface area contributed by atoms with E-state index in [1.807, 2.05) is 15.2 Å². The molecular formula is C16H21N3O3S. The van der Waals surface area contributed by atoms with Crippen molar-refractivity contribution in [2.75, 3.05) is 19.7 Å². The summed E-state index contributed by atoms with van der Waals surface area (Å²) in [5.41, 5.74) is -0.0648. The van der Waals surface area contributed by atoms with Crippen molar-refractivity contribution >= 4 is 23.2 Å². The highest BCUT2D eigenvalue weighted by Crippen LogP contribution is 2.45. The summed E-state index contributed by atoms with van der Waals surface area (Å²) in [5, 5.41) is 2.84. The summed E-state index contributed by atoms with van der Waals surface area (Å²) in [5.74, 6) is 0.0476. The highest BCUT2D eigenvalue weighted by molar-refractivity contribution is 7.09. The molecule has 3 aliphatic rings. The maximum Gasteiger partial charge on any atom is 0.273 e. The lowest BCUT2D eigenvalue weighted by molar-refractivity contribution is -0.179. The molecule has 3 saturated heterocycles. The van der Waals surface area contributed by atoms with Crippen molar-refractivity contribution in [1.29, 1.82) is 0 Å². The zero-order valence-electron chi connectivity index (χ0n) is 13.3. The number of rotatable bonds is 3. The predicted octanol–water partition coefficient (Wildman–Crippen LogP) is 1.66. The monoisotopic (exact) mass is 335 g/mol. The quantitative estimate of drug-likeness (QED) is 0.843. The van der Waals surface area contributed by atoms with Crippen LogP contribution in [0.3, 0.4) is 0 Å². The number of aryl methyl sites for hydroxylation is 1. The molecule has 6 nitrogen and oxygen atoms in total. The Kier molecular flexibility index (Phi) is 3.65. The second kappa shape index (κ2) is 5.56. The molecule has 1 aromatic heterocycles. The van der Waals surface area contributed by atoms with Crippen molar-refractivity contribution in [2.45, 2.75) is 50.8 Å². The van der Waals surface area contributed by atoms with Gasteiger partial charge in [0.05, 0.1) is 24.1 Å². The minimum Gasteiger partial charge on any atom is -0.353 e.